The first kappa shape index (κ1) is 13.4. The summed E-state index contributed by atoms with van der Waals surface area (Å²) in [6, 6.07) is 14.8. The van der Waals surface area contributed by atoms with Gasteiger partial charge in [0, 0.05) is 28.9 Å². The van der Waals surface area contributed by atoms with Crippen molar-refractivity contribution in [2.45, 2.75) is 10.1 Å². The average molecular weight is 311 g/mol. The number of rotatable bonds is 2. The molecular formula is C17H14FN3S. The van der Waals surface area contributed by atoms with E-state index >= 15 is 0 Å². The van der Waals surface area contributed by atoms with Gasteiger partial charge in [-0.2, -0.15) is 0 Å². The third-order valence-electron chi connectivity index (χ3n) is 3.67. The molecule has 1 aromatic heterocycles. The summed E-state index contributed by atoms with van der Waals surface area (Å²) in [5.41, 5.74) is 2.99. The van der Waals surface area contributed by atoms with Gasteiger partial charge in [-0.15, -0.1) is 11.8 Å². The lowest BCUT2D eigenvalue weighted by molar-refractivity contribution is 0.628. The quantitative estimate of drug-likeness (QED) is 0.733. The third kappa shape index (κ3) is 2.48. The van der Waals surface area contributed by atoms with E-state index in [0.29, 0.717) is 5.82 Å². The number of anilines is 1. The topological polar surface area (TPSA) is 40.7 Å². The molecule has 2 aromatic carbocycles. The monoisotopic (exact) mass is 311 g/mol. The minimum atomic E-state index is -0.252. The highest BCUT2D eigenvalue weighted by Crippen LogP contribution is 2.42. The van der Waals surface area contributed by atoms with E-state index in [4.69, 9.17) is 0 Å². The van der Waals surface area contributed by atoms with E-state index in [1.165, 1.54) is 22.7 Å². The number of nitrogens with one attached hydrogen (secondary N) is 2. The molecule has 1 aliphatic rings. The molecule has 0 amide bonds. The minimum absolute atomic E-state index is 0.252. The Morgan fingerprint density at radius 1 is 1.14 bits per heavy atom. The molecule has 1 atom stereocenters. The predicted molar refractivity (Wildman–Crippen MR) is 87.5 cm³/mol. The van der Waals surface area contributed by atoms with Gasteiger partial charge in [0.05, 0.1) is 10.9 Å². The molecule has 0 bridgehead atoms. The Kier molecular flexibility index (Phi) is 3.35. The molecule has 22 heavy (non-hydrogen) atoms. The molecule has 0 saturated carbocycles. The van der Waals surface area contributed by atoms with Crippen LogP contribution in [0.5, 0.6) is 0 Å². The molecule has 0 radical (unpaired) electrons. The van der Waals surface area contributed by atoms with Gasteiger partial charge in [-0.05, 0) is 24.3 Å². The SMILES string of the molecule is Fc1cccc(-c2ncc(C3CNc4ccccc4S3)[nH]2)c1. The Labute approximate surface area is 132 Å². The van der Waals surface area contributed by atoms with Crippen LogP contribution >= 0.6 is 11.8 Å². The second-order valence-corrected chi connectivity index (χ2v) is 6.43. The number of halogens is 1. The maximum Gasteiger partial charge on any atom is 0.137 e. The molecule has 1 unspecified atom stereocenters. The summed E-state index contributed by atoms with van der Waals surface area (Å²) in [4.78, 5) is 8.95. The molecule has 3 aromatic rings. The lowest BCUT2D eigenvalue weighted by Gasteiger charge is -2.24. The minimum Gasteiger partial charge on any atom is -0.383 e. The number of para-hydroxylation sites is 1. The highest BCUT2D eigenvalue weighted by atomic mass is 32.2. The number of fused-ring (bicyclic) bond motifs is 1. The zero-order valence-corrected chi connectivity index (χ0v) is 12.5. The normalized spacial score (nSPS) is 16.9. The van der Waals surface area contributed by atoms with E-state index in [-0.39, 0.29) is 11.1 Å². The highest BCUT2D eigenvalue weighted by Gasteiger charge is 2.22. The largest absolute Gasteiger partial charge is 0.383 e. The molecule has 0 spiro atoms. The van der Waals surface area contributed by atoms with Gasteiger partial charge in [-0.25, -0.2) is 9.37 Å². The molecule has 2 heterocycles. The Balaban J connectivity index is 1.60. The van der Waals surface area contributed by atoms with Crippen molar-refractivity contribution in [1.82, 2.24) is 9.97 Å². The van der Waals surface area contributed by atoms with Crippen molar-refractivity contribution in [1.29, 1.82) is 0 Å². The van der Waals surface area contributed by atoms with Crippen LogP contribution in [-0.4, -0.2) is 16.5 Å². The molecule has 1 aliphatic heterocycles. The molecule has 5 heteroatoms. The van der Waals surface area contributed by atoms with Crippen LogP contribution < -0.4 is 5.32 Å². The van der Waals surface area contributed by atoms with E-state index < -0.39 is 0 Å². The van der Waals surface area contributed by atoms with Crippen molar-refractivity contribution >= 4 is 17.4 Å². The van der Waals surface area contributed by atoms with Crippen LogP contribution in [0.15, 0.2) is 59.6 Å². The molecule has 0 saturated heterocycles. The maximum absolute atomic E-state index is 13.3. The molecule has 3 nitrogen and oxygen atoms in total. The lowest BCUT2D eigenvalue weighted by Crippen LogP contribution is -2.15. The number of imidazole rings is 1. The lowest BCUT2D eigenvalue weighted by atomic mass is 10.2. The summed E-state index contributed by atoms with van der Waals surface area (Å²) >= 11 is 1.81. The van der Waals surface area contributed by atoms with Crippen molar-refractivity contribution in [3.63, 3.8) is 0 Å². The molecule has 110 valence electrons. The number of nitrogens with zero attached hydrogens (tertiary/aromatic N) is 1. The van der Waals surface area contributed by atoms with E-state index in [1.54, 1.807) is 6.07 Å². The Hall–Kier alpha value is -2.27. The number of hydrogen-bond donors (Lipinski definition) is 2. The highest BCUT2D eigenvalue weighted by molar-refractivity contribution is 7.99. The van der Waals surface area contributed by atoms with Gasteiger partial charge >= 0.3 is 0 Å². The van der Waals surface area contributed by atoms with Crippen molar-refractivity contribution in [2.75, 3.05) is 11.9 Å². The van der Waals surface area contributed by atoms with Crippen molar-refractivity contribution in [2.24, 2.45) is 0 Å². The molecule has 0 aliphatic carbocycles. The summed E-state index contributed by atoms with van der Waals surface area (Å²) < 4.78 is 13.3. The Bertz CT molecular complexity index is 815. The standard InChI is InChI=1S/C17H14FN3S/c18-12-5-3-4-11(8-12)17-20-9-14(21-17)16-10-19-13-6-1-2-7-15(13)22-16/h1-9,16,19H,10H2,(H,20,21). The predicted octanol–water partition coefficient (Wildman–Crippen LogP) is 4.47. The summed E-state index contributed by atoms with van der Waals surface area (Å²) in [6.07, 6.45) is 1.84. The van der Waals surface area contributed by atoms with Crippen molar-refractivity contribution in [3.05, 3.63) is 66.2 Å². The Morgan fingerprint density at radius 3 is 2.95 bits per heavy atom. The molecule has 4 rings (SSSR count). The van der Waals surface area contributed by atoms with Crippen molar-refractivity contribution < 1.29 is 4.39 Å². The Morgan fingerprint density at radius 2 is 2.05 bits per heavy atom. The van der Waals surface area contributed by atoms with Gasteiger partial charge in [0.25, 0.3) is 0 Å². The first-order valence-corrected chi connectivity index (χ1v) is 7.98. The van der Waals surface area contributed by atoms with Crippen molar-refractivity contribution in [3.8, 4) is 11.4 Å². The second-order valence-electron chi connectivity index (χ2n) is 5.18. The van der Waals surface area contributed by atoms with Gasteiger partial charge in [-0.3, -0.25) is 0 Å². The van der Waals surface area contributed by atoms with Crippen LogP contribution in [0, 0.1) is 5.82 Å². The fourth-order valence-electron chi connectivity index (χ4n) is 2.57. The van der Waals surface area contributed by atoms with Crippen LogP contribution in [0.2, 0.25) is 0 Å². The zero-order valence-electron chi connectivity index (χ0n) is 11.7. The first-order chi connectivity index (χ1) is 10.8. The molecule has 0 fully saturated rings. The van der Waals surface area contributed by atoms with Crippen LogP contribution in [-0.2, 0) is 0 Å². The second kappa shape index (κ2) is 5.50. The first-order valence-electron chi connectivity index (χ1n) is 7.10. The fourth-order valence-corrected chi connectivity index (χ4v) is 3.71. The van der Waals surface area contributed by atoms with Crippen LogP contribution in [0.3, 0.4) is 0 Å². The average Bonchev–Trinajstić information content (AvgIpc) is 3.04. The number of H-pyrrole nitrogens is 1. The summed E-state index contributed by atoms with van der Waals surface area (Å²) in [5.74, 6) is 0.451. The van der Waals surface area contributed by atoms with Gasteiger partial charge in [0.2, 0.25) is 0 Å². The van der Waals surface area contributed by atoms with E-state index in [0.717, 1.165) is 17.8 Å². The number of thioether (sulfide) groups is 1. The summed E-state index contributed by atoms with van der Waals surface area (Å²) in [6.45, 7) is 0.840. The van der Waals surface area contributed by atoms with Gasteiger partial charge < -0.3 is 10.3 Å². The molecule has 2 N–H and O–H groups in total. The maximum atomic E-state index is 13.3. The number of aromatic nitrogens is 2. The third-order valence-corrected chi connectivity index (χ3v) is 4.99. The summed E-state index contributed by atoms with van der Waals surface area (Å²) in [7, 11) is 0. The van der Waals surface area contributed by atoms with Crippen LogP contribution in [0.4, 0.5) is 10.1 Å². The van der Waals surface area contributed by atoms with Gasteiger partial charge in [0.15, 0.2) is 0 Å². The number of benzene rings is 2. The fraction of sp³-hybridized carbons (Fsp3) is 0.118. The smallest absolute Gasteiger partial charge is 0.137 e. The van der Waals surface area contributed by atoms with Crippen LogP contribution in [0.1, 0.15) is 10.9 Å². The number of hydrogen-bond acceptors (Lipinski definition) is 3. The summed E-state index contributed by atoms with van der Waals surface area (Å²) in [5, 5.41) is 3.71. The van der Waals surface area contributed by atoms with E-state index in [2.05, 4.69) is 27.4 Å². The van der Waals surface area contributed by atoms with E-state index in [9.17, 15) is 4.39 Å². The van der Waals surface area contributed by atoms with Gasteiger partial charge in [-0.1, -0.05) is 24.3 Å². The molecular weight excluding hydrogens is 297 g/mol. The van der Waals surface area contributed by atoms with E-state index in [1.807, 2.05) is 36.2 Å². The number of aromatic amines is 1. The van der Waals surface area contributed by atoms with Gasteiger partial charge in [0.1, 0.15) is 11.6 Å². The zero-order chi connectivity index (χ0) is 14.9. The van der Waals surface area contributed by atoms with Crippen LogP contribution in [0.25, 0.3) is 11.4 Å².